The van der Waals surface area contributed by atoms with Crippen LogP contribution in [0.4, 0.5) is 0 Å². The smallest absolute Gasteiger partial charge is 0.311 e. The third kappa shape index (κ3) is 3.64. The van der Waals surface area contributed by atoms with Crippen molar-refractivity contribution < 1.29 is 38.1 Å². The van der Waals surface area contributed by atoms with E-state index < -0.39 is 24.3 Å². The van der Waals surface area contributed by atoms with Crippen LogP contribution in [0.3, 0.4) is 0 Å². The predicted octanol–water partition coefficient (Wildman–Crippen LogP) is 4.52. The van der Waals surface area contributed by atoms with Crippen LogP contribution >= 0.6 is 0 Å². The fourth-order valence-corrected chi connectivity index (χ4v) is 10.3. The second-order valence-corrected chi connectivity index (χ2v) is 13.7. The Bertz CT molecular complexity index is 996. The number of fused-ring (bicyclic) bond motifs is 7. The van der Waals surface area contributed by atoms with Gasteiger partial charge in [0.25, 0.3) is 0 Å². The van der Waals surface area contributed by atoms with E-state index in [1.807, 2.05) is 0 Å². The Hall–Kier alpha value is -1.67. The minimum atomic E-state index is -1.05. The Morgan fingerprint density at radius 2 is 1.76 bits per heavy atom. The van der Waals surface area contributed by atoms with E-state index >= 15 is 0 Å². The lowest BCUT2D eigenvalue weighted by molar-refractivity contribution is -0.226. The molecule has 0 amide bonds. The molecular weight excluding hydrogens is 476 g/mol. The van der Waals surface area contributed by atoms with Gasteiger partial charge in [0.1, 0.15) is 6.10 Å². The van der Waals surface area contributed by atoms with E-state index in [0.717, 1.165) is 38.5 Å². The van der Waals surface area contributed by atoms with Gasteiger partial charge in [0, 0.05) is 25.2 Å². The standard InChI is InChI=1S/C29H42O8/c1-16(30)33-15-26(3)10-6-11-28(5)20(26)9-12-27(4)19-13-22(34-17(2)31)29-14-23(32)35-25(29)36-24(37-29)18(19)7-8-21(27)28/h18-22,24-25H,6-15H2,1-5H3/t18-,19+,20?,21?,22+,24-,25+,26+,27-,28-,29-/m0/s1. The summed E-state index contributed by atoms with van der Waals surface area (Å²) in [5.41, 5.74) is -0.897. The van der Waals surface area contributed by atoms with Crippen LogP contribution in [-0.4, -0.2) is 48.8 Å². The van der Waals surface area contributed by atoms with E-state index in [0.29, 0.717) is 24.9 Å². The Kier molecular flexibility index (Phi) is 5.82. The van der Waals surface area contributed by atoms with Crippen LogP contribution in [0.2, 0.25) is 0 Å². The normalized spacial score (nSPS) is 52.0. The number of carbonyl (C=O) groups is 3. The third-order valence-corrected chi connectivity index (χ3v) is 11.7. The van der Waals surface area contributed by atoms with Crippen molar-refractivity contribution in [2.24, 2.45) is 39.9 Å². The monoisotopic (exact) mass is 518 g/mol. The average Bonchev–Trinajstić information content (AvgIpc) is 3.26. The SMILES string of the molecule is CC(=O)OC[C@@]1(C)CCC[C@@]2(C)C1CC[C@]1(C)C2CC[C@@H]2[C@H]3O[C@H]4OC(=O)C[C@]4(O3)[C@H](OC(C)=O)C[C@H]21. The first-order valence-electron chi connectivity index (χ1n) is 14.2. The van der Waals surface area contributed by atoms with Gasteiger partial charge in [0.2, 0.25) is 6.29 Å². The maximum absolute atomic E-state index is 12.3. The van der Waals surface area contributed by atoms with Crippen molar-refractivity contribution >= 4 is 17.9 Å². The molecule has 3 saturated heterocycles. The van der Waals surface area contributed by atoms with Gasteiger partial charge >= 0.3 is 17.9 Å². The van der Waals surface area contributed by atoms with Crippen LogP contribution in [0.1, 0.15) is 92.4 Å². The highest BCUT2D eigenvalue weighted by Crippen LogP contribution is 2.71. The number of ether oxygens (including phenoxy) is 5. The van der Waals surface area contributed by atoms with Crippen LogP contribution in [0.15, 0.2) is 0 Å². The summed E-state index contributed by atoms with van der Waals surface area (Å²) >= 11 is 0. The highest BCUT2D eigenvalue weighted by Gasteiger charge is 2.71. The molecule has 1 spiro atoms. The third-order valence-electron chi connectivity index (χ3n) is 11.7. The van der Waals surface area contributed by atoms with Crippen LogP contribution in [-0.2, 0) is 38.1 Å². The molecule has 0 radical (unpaired) electrons. The molecule has 0 aromatic carbocycles. The fraction of sp³-hybridized carbons (Fsp3) is 0.897. The van der Waals surface area contributed by atoms with Crippen molar-refractivity contribution in [3.63, 3.8) is 0 Å². The molecule has 3 saturated carbocycles. The van der Waals surface area contributed by atoms with Crippen molar-refractivity contribution in [1.82, 2.24) is 0 Å². The first-order chi connectivity index (χ1) is 17.4. The molecule has 11 atom stereocenters. The Labute approximate surface area is 219 Å². The predicted molar refractivity (Wildman–Crippen MR) is 131 cm³/mol. The van der Waals surface area contributed by atoms with Gasteiger partial charge in [-0.1, -0.05) is 27.2 Å². The molecule has 0 N–H and O–H groups in total. The van der Waals surface area contributed by atoms with Gasteiger partial charge in [0.05, 0.1) is 13.0 Å². The summed E-state index contributed by atoms with van der Waals surface area (Å²) in [6.45, 7) is 10.7. The quantitative estimate of drug-likeness (QED) is 0.397. The summed E-state index contributed by atoms with van der Waals surface area (Å²) in [5.74, 6) is 0.468. The van der Waals surface area contributed by atoms with Gasteiger partial charge in [-0.15, -0.1) is 0 Å². The van der Waals surface area contributed by atoms with Crippen molar-refractivity contribution in [2.45, 2.75) is 117 Å². The molecule has 3 aliphatic heterocycles. The molecule has 0 aromatic rings. The fourth-order valence-electron chi connectivity index (χ4n) is 10.3. The van der Waals surface area contributed by atoms with Crippen molar-refractivity contribution in [3.8, 4) is 0 Å². The Morgan fingerprint density at radius 3 is 2.49 bits per heavy atom. The minimum Gasteiger partial charge on any atom is -0.465 e. The van der Waals surface area contributed by atoms with E-state index in [2.05, 4.69) is 20.8 Å². The summed E-state index contributed by atoms with van der Waals surface area (Å²) in [5, 5.41) is 0. The lowest BCUT2D eigenvalue weighted by atomic mass is 9.38. The van der Waals surface area contributed by atoms with E-state index in [1.165, 1.54) is 20.3 Å². The van der Waals surface area contributed by atoms with Crippen LogP contribution in [0.5, 0.6) is 0 Å². The van der Waals surface area contributed by atoms with Crippen LogP contribution < -0.4 is 0 Å². The van der Waals surface area contributed by atoms with Crippen LogP contribution in [0, 0.1) is 39.9 Å². The Balaban J connectivity index is 1.34. The molecule has 6 rings (SSSR count). The van der Waals surface area contributed by atoms with Gasteiger partial charge in [-0.2, -0.15) is 0 Å². The molecule has 6 aliphatic rings. The zero-order valence-corrected chi connectivity index (χ0v) is 22.9. The molecule has 6 fully saturated rings. The van der Waals surface area contributed by atoms with Gasteiger partial charge in [-0.05, 0) is 73.5 Å². The highest BCUT2D eigenvalue weighted by molar-refractivity contribution is 5.74. The largest absolute Gasteiger partial charge is 0.465 e. The van der Waals surface area contributed by atoms with E-state index in [9.17, 15) is 14.4 Å². The maximum atomic E-state index is 12.3. The minimum absolute atomic E-state index is 0.0143. The molecule has 37 heavy (non-hydrogen) atoms. The summed E-state index contributed by atoms with van der Waals surface area (Å²) < 4.78 is 29.9. The summed E-state index contributed by atoms with van der Waals surface area (Å²) in [4.78, 5) is 36.2. The zero-order valence-electron chi connectivity index (χ0n) is 22.9. The lowest BCUT2D eigenvalue weighted by Crippen LogP contribution is -2.61. The molecule has 0 aromatic heterocycles. The van der Waals surface area contributed by atoms with Crippen molar-refractivity contribution in [3.05, 3.63) is 0 Å². The first kappa shape index (κ1) is 25.6. The van der Waals surface area contributed by atoms with Crippen LogP contribution in [0.25, 0.3) is 0 Å². The first-order valence-corrected chi connectivity index (χ1v) is 14.2. The molecule has 206 valence electrons. The zero-order chi connectivity index (χ0) is 26.4. The summed E-state index contributed by atoms with van der Waals surface area (Å²) in [7, 11) is 0. The summed E-state index contributed by atoms with van der Waals surface area (Å²) in [6, 6.07) is 0. The number of hydrogen-bond donors (Lipinski definition) is 0. The second kappa shape index (κ2) is 8.41. The maximum Gasteiger partial charge on any atom is 0.311 e. The highest BCUT2D eigenvalue weighted by atomic mass is 16.8. The number of carbonyl (C=O) groups excluding carboxylic acids is 3. The molecule has 8 nitrogen and oxygen atoms in total. The summed E-state index contributed by atoms with van der Waals surface area (Å²) in [6.07, 6.45) is 6.51. The average molecular weight is 519 g/mol. The van der Waals surface area contributed by atoms with E-state index in [-0.39, 0.29) is 52.4 Å². The Morgan fingerprint density at radius 1 is 0.973 bits per heavy atom. The van der Waals surface area contributed by atoms with Gasteiger partial charge in [-0.3, -0.25) is 14.4 Å². The second-order valence-electron chi connectivity index (χ2n) is 13.7. The molecular formula is C29H42O8. The molecule has 2 bridgehead atoms. The molecule has 3 aliphatic carbocycles. The van der Waals surface area contributed by atoms with Gasteiger partial charge in [-0.25, -0.2) is 0 Å². The number of rotatable bonds is 3. The van der Waals surface area contributed by atoms with E-state index in [4.69, 9.17) is 23.7 Å². The molecule has 3 heterocycles. The van der Waals surface area contributed by atoms with Gasteiger partial charge < -0.3 is 23.7 Å². The number of esters is 3. The van der Waals surface area contributed by atoms with Gasteiger partial charge in [0.15, 0.2) is 11.9 Å². The molecule has 2 unspecified atom stereocenters. The molecule has 8 heteroatoms. The lowest BCUT2D eigenvalue weighted by Gasteiger charge is -2.67. The van der Waals surface area contributed by atoms with Crippen molar-refractivity contribution in [2.75, 3.05) is 6.61 Å². The van der Waals surface area contributed by atoms with Crippen molar-refractivity contribution in [1.29, 1.82) is 0 Å². The number of hydrogen-bond acceptors (Lipinski definition) is 8. The van der Waals surface area contributed by atoms with E-state index in [1.54, 1.807) is 0 Å². The topological polar surface area (TPSA) is 97.4 Å².